The Bertz CT molecular complexity index is 612. The van der Waals surface area contributed by atoms with Crippen molar-refractivity contribution in [1.29, 1.82) is 0 Å². The number of rotatable bonds is 4. The molecule has 4 nitrogen and oxygen atoms in total. The summed E-state index contributed by atoms with van der Waals surface area (Å²) in [5, 5.41) is 9.33. The minimum absolute atomic E-state index is 0.0470. The third-order valence-corrected chi connectivity index (χ3v) is 4.12. The number of halogens is 1. The summed E-state index contributed by atoms with van der Waals surface area (Å²) in [5.41, 5.74) is 6.23. The molecule has 2 rings (SSSR count). The van der Waals surface area contributed by atoms with Gasteiger partial charge in [0.05, 0.1) is 10.3 Å². The van der Waals surface area contributed by atoms with Gasteiger partial charge in [-0.25, -0.2) is 4.79 Å². The lowest BCUT2D eigenvalue weighted by atomic mass is 10.3. The Labute approximate surface area is 119 Å². The maximum absolute atomic E-state index is 10.8. The van der Waals surface area contributed by atoms with E-state index in [1.165, 1.54) is 17.8 Å². The lowest BCUT2D eigenvalue weighted by molar-refractivity contribution is 0.0660. The highest BCUT2D eigenvalue weighted by Gasteiger charge is 2.16. The zero-order valence-corrected chi connectivity index (χ0v) is 11.7. The van der Waals surface area contributed by atoms with E-state index in [0.29, 0.717) is 16.5 Å². The molecule has 1 aromatic heterocycles. The molecule has 2 aromatic rings. The molecule has 100 valence electrons. The summed E-state index contributed by atoms with van der Waals surface area (Å²) in [6.07, 6.45) is 0. The van der Waals surface area contributed by atoms with E-state index in [-0.39, 0.29) is 11.0 Å². The van der Waals surface area contributed by atoms with E-state index in [2.05, 4.69) is 0 Å². The van der Waals surface area contributed by atoms with Gasteiger partial charge in [-0.05, 0) is 37.3 Å². The van der Waals surface area contributed by atoms with Crippen molar-refractivity contribution in [2.24, 2.45) is 0 Å². The molecule has 1 heterocycles. The zero-order valence-electron chi connectivity index (χ0n) is 10.1. The highest BCUT2D eigenvalue weighted by atomic mass is 35.5. The number of nitrogen functional groups attached to an aromatic ring is 1. The molecule has 3 N–H and O–H groups in total. The monoisotopic (exact) mass is 297 g/mol. The molecule has 0 bridgehead atoms. The van der Waals surface area contributed by atoms with Gasteiger partial charge in [-0.1, -0.05) is 11.6 Å². The van der Waals surface area contributed by atoms with Gasteiger partial charge in [0.1, 0.15) is 5.76 Å². The van der Waals surface area contributed by atoms with Crippen LogP contribution in [0, 0.1) is 0 Å². The standard InChI is InChI=1S/C13H12ClNO3S/c1-7(10-3-4-11(18-10)13(16)17)19-12-5-2-8(15)6-9(12)14/h2-7H,15H2,1H3,(H,16,17). The molecule has 1 atom stereocenters. The summed E-state index contributed by atoms with van der Waals surface area (Å²) >= 11 is 7.57. The molecule has 0 saturated carbocycles. The largest absolute Gasteiger partial charge is 0.475 e. The number of aromatic carboxylic acids is 1. The third-order valence-electron chi connectivity index (χ3n) is 2.50. The van der Waals surface area contributed by atoms with Crippen LogP contribution in [-0.4, -0.2) is 11.1 Å². The number of carboxylic acids is 1. The van der Waals surface area contributed by atoms with Crippen LogP contribution < -0.4 is 5.73 Å². The fourth-order valence-corrected chi connectivity index (χ4v) is 2.81. The van der Waals surface area contributed by atoms with Crippen LogP contribution in [0.1, 0.15) is 28.5 Å². The fraction of sp³-hybridized carbons (Fsp3) is 0.154. The van der Waals surface area contributed by atoms with Gasteiger partial charge in [0.25, 0.3) is 0 Å². The Kier molecular flexibility index (Phi) is 4.07. The van der Waals surface area contributed by atoms with Crippen molar-refractivity contribution in [3.8, 4) is 0 Å². The summed E-state index contributed by atoms with van der Waals surface area (Å²) in [4.78, 5) is 11.6. The molecule has 0 amide bonds. The van der Waals surface area contributed by atoms with Crippen molar-refractivity contribution in [3.05, 3.63) is 46.9 Å². The zero-order chi connectivity index (χ0) is 14.0. The van der Waals surface area contributed by atoms with E-state index in [9.17, 15) is 4.79 Å². The number of anilines is 1. The van der Waals surface area contributed by atoms with E-state index >= 15 is 0 Å². The summed E-state index contributed by atoms with van der Waals surface area (Å²) in [7, 11) is 0. The number of hydrogen-bond donors (Lipinski definition) is 2. The van der Waals surface area contributed by atoms with E-state index in [1.54, 1.807) is 18.2 Å². The summed E-state index contributed by atoms with van der Waals surface area (Å²) < 4.78 is 5.25. The van der Waals surface area contributed by atoms with Gasteiger partial charge in [0.2, 0.25) is 5.76 Å². The quantitative estimate of drug-likeness (QED) is 0.657. The molecule has 0 saturated heterocycles. The number of nitrogens with two attached hydrogens (primary N) is 1. The molecule has 0 radical (unpaired) electrons. The molecule has 6 heteroatoms. The minimum Gasteiger partial charge on any atom is -0.475 e. The van der Waals surface area contributed by atoms with Gasteiger partial charge in [-0.2, -0.15) is 0 Å². The Hall–Kier alpha value is -1.59. The van der Waals surface area contributed by atoms with Crippen LogP contribution in [0.3, 0.4) is 0 Å². The highest BCUT2D eigenvalue weighted by Crippen LogP contribution is 2.39. The molecule has 0 aliphatic rings. The van der Waals surface area contributed by atoms with Crippen molar-refractivity contribution in [2.45, 2.75) is 17.1 Å². The maximum Gasteiger partial charge on any atom is 0.371 e. The van der Waals surface area contributed by atoms with Gasteiger partial charge in [-0.3, -0.25) is 0 Å². The van der Waals surface area contributed by atoms with Crippen molar-refractivity contribution < 1.29 is 14.3 Å². The molecule has 0 spiro atoms. The van der Waals surface area contributed by atoms with Crippen LogP contribution in [0.25, 0.3) is 0 Å². The fourth-order valence-electron chi connectivity index (χ4n) is 1.55. The number of benzene rings is 1. The average Bonchev–Trinajstić information content (AvgIpc) is 2.82. The topological polar surface area (TPSA) is 76.5 Å². The first-order valence-electron chi connectivity index (χ1n) is 5.52. The summed E-state index contributed by atoms with van der Waals surface area (Å²) in [6.45, 7) is 1.92. The first-order valence-corrected chi connectivity index (χ1v) is 6.78. The van der Waals surface area contributed by atoms with Crippen molar-refractivity contribution in [3.63, 3.8) is 0 Å². The van der Waals surface area contributed by atoms with Gasteiger partial charge in [-0.15, -0.1) is 11.8 Å². The van der Waals surface area contributed by atoms with E-state index in [0.717, 1.165) is 4.90 Å². The Morgan fingerprint density at radius 3 is 2.74 bits per heavy atom. The number of hydrogen-bond acceptors (Lipinski definition) is 4. The van der Waals surface area contributed by atoms with E-state index in [1.807, 2.05) is 13.0 Å². The molecule has 1 unspecified atom stereocenters. The van der Waals surface area contributed by atoms with Crippen LogP contribution in [0.2, 0.25) is 5.02 Å². The molecule has 0 aliphatic carbocycles. The van der Waals surface area contributed by atoms with Crippen LogP contribution in [0.4, 0.5) is 5.69 Å². The third kappa shape index (κ3) is 3.24. The van der Waals surface area contributed by atoms with Crippen LogP contribution in [0.15, 0.2) is 39.6 Å². The maximum atomic E-state index is 10.8. The highest BCUT2D eigenvalue weighted by molar-refractivity contribution is 7.99. The molecule has 19 heavy (non-hydrogen) atoms. The van der Waals surface area contributed by atoms with Crippen molar-refractivity contribution in [1.82, 2.24) is 0 Å². The van der Waals surface area contributed by atoms with Crippen LogP contribution >= 0.6 is 23.4 Å². The molecule has 0 aliphatic heterocycles. The predicted molar refractivity (Wildman–Crippen MR) is 75.8 cm³/mol. The van der Waals surface area contributed by atoms with Gasteiger partial charge in [0.15, 0.2) is 0 Å². The SMILES string of the molecule is CC(Sc1ccc(N)cc1Cl)c1ccc(C(=O)O)o1. The first-order chi connectivity index (χ1) is 8.97. The van der Waals surface area contributed by atoms with Crippen molar-refractivity contribution >= 4 is 35.0 Å². The van der Waals surface area contributed by atoms with Gasteiger partial charge in [0, 0.05) is 10.6 Å². The number of furan rings is 1. The Balaban J connectivity index is 2.15. The second-order valence-corrected chi connectivity index (χ2v) is 5.75. The summed E-state index contributed by atoms with van der Waals surface area (Å²) in [5.74, 6) is -0.546. The average molecular weight is 298 g/mol. The van der Waals surface area contributed by atoms with Crippen LogP contribution in [0.5, 0.6) is 0 Å². The predicted octanol–water partition coefficient (Wildman–Crippen LogP) is 4.07. The Morgan fingerprint density at radius 2 is 2.16 bits per heavy atom. The smallest absolute Gasteiger partial charge is 0.371 e. The van der Waals surface area contributed by atoms with Gasteiger partial charge >= 0.3 is 5.97 Å². The number of thioether (sulfide) groups is 1. The Morgan fingerprint density at radius 1 is 1.42 bits per heavy atom. The molecular formula is C13H12ClNO3S. The summed E-state index contributed by atoms with van der Waals surface area (Å²) in [6, 6.07) is 8.39. The van der Waals surface area contributed by atoms with E-state index < -0.39 is 5.97 Å². The second-order valence-electron chi connectivity index (χ2n) is 3.96. The molecule has 1 aromatic carbocycles. The van der Waals surface area contributed by atoms with Gasteiger partial charge < -0.3 is 15.3 Å². The van der Waals surface area contributed by atoms with Crippen LogP contribution in [-0.2, 0) is 0 Å². The molecule has 0 fully saturated rings. The normalized spacial score (nSPS) is 12.3. The lowest BCUT2D eigenvalue weighted by Crippen LogP contribution is -1.92. The number of carbonyl (C=O) groups is 1. The van der Waals surface area contributed by atoms with E-state index in [4.69, 9.17) is 26.9 Å². The minimum atomic E-state index is -1.08. The second kappa shape index (κ2) is 5.59. The van der Waals surface area contributed by atoms with Crippen molar-refractivity contribution in [2.75, 3.05) is 5.73 Å². The first kappa shape index (κ1) is 13.8. The number of carboxylic acid groups (broad SMARTS) is 1. The molecular weight excluding hydrogens is 286 g/mol. The lowest BCUT2D eigenvalue weighted by Gasteiger charge is -2.10.